The second-order valence-electron chi connectivity index (χ2n) is 12.5. The number of allylic oxidation sites excluding steroid dienone is 1. The summed E-state index contributed by atoms with van der Waals surface area (Å²) in [5, 5.41) is 9.30. The second kappa shape index (κ2) is 8.34. The zero-order valence-corrected chi connectivity index (χ0v) is 21.3. The van der Waals surface area contributed by atoms with Crippen molar-refractivity contribution in [1.82, 2.24) is 0 Å². The average Bonchev–Trinajstić information content (AvgIpc) is 3.33. The van der Waals surface area contributed by atoms with Crippen molar-refractivity contribution in [2.24, 2.45) is 34.0 Å². The first-order chi connectivity index (χ1) is 16.8. The van der Waals surface area contributed by atoms with Crippen molar-refractivity contribution in [3.8, 4) is 5.75 Å². The molecule has 0 bridgehead atoms. The molecule has 4 saturated carbocycles. The smallest absolute Gasteiger partial charge is 0.335 e. The van der Waals surface area contributed by atoms with Crippen LogP contribution < -0.4 is 4.74 Å². The van der Waals surface area contributed by atoms with Crippen LogP contribution in [0.2, 0.25) is 0 Å². The van der Waals surface area contributed by atoms with Gasteiger partial charge in [0.05, 0.1) is 24.9 Å². The Kier molecular flexibility index (Phi) is 5.61. The molecule has 3 unspecified atom stereocenters. The predicted molar refractivity (Wildman–Crippen MR) is 133 cm³/mol. The van der Waals surface area contributed by atoms with Crippen LogP contribution in [0.4, 0.5) is 0 Å². The third-order valence-electron chi connectivity index (χ3n) is 10.9. The molecule has 0 amide bonds. The van der Waals surface area contributed by atoms with Crippen LogP contribution in [-0.4, -0.2) is 36.7 Å². The Labute approximate surface area is 209 Å². The van der Waals surface area contributed by atoms with Crippen molar-refractivity contribution < 1.29 is 24.1 Å². The quantitative estimate of drug-likeness (QED) is 0.489. The fourth-order valence-corrected chi connectivity index (χ4v) is 8.95. The summed E-state index contributed by atoms with van der Waals surface area (Å²) >= 11 is 0. The third kappa shape index (κ3) is 3.52. The molecule has 0 radical (unpaired) electrons. The average molecular weight is 481 g/mol. The molecule has 1 saturated heterocycles. The minimum atomic E-state index is -0.925. The number of aromatic carboxylic acids is 1. The molecular weight excluding hydrogens is 440 g/mol. The Morgan fingerprint density at radius 2 is 2.00 bits per heavy atom. The number of hydrogen-bond donors (Lipinski definition) is 1. The zero-order valence-electron chi connectivity index (χ0n) is 21.3. The van der Waals surface area contributed by atoms with E-state index >= 15 is 0 Å². The van der Waals surface area contributed by atoms with Crippen LogP contribution in [-0.2, 0) is 9.47 Å². The van der Waals surface area contributed by atoms with E-state index in [0.717, 1.165) is 25.9 Å². The highest BCUT2D eigenvalue weighted by atomic mass is 16.7. The van der Waals surface area contributed by atoms with E-state index in [9.17, 15) is 9.90 Å². The van der Waals surface area contributed by atoms with E-state index in [0.29, 0.717) is 30.1 Å². The van der Waals surface area contributed by atoms with Gasteiger partial charge in [-0.3, -0.25) is 0 Å². The maximum absolute atomic E-state index is 11.3. The predicted octanol–water partition coefficient (Wildman–Crippen LogP) is 6.47. The van der Waals surface area contributed by atoms with Gasteiger partial charge >= 0.3 is 5.97 Å². The molecule has 35 heavy (non-hydrogen) atoms. The minimum Gasteiger partial charge on any atom is -0.493 e. The van der Waals surface area contributed by atoms with Gasteiger partial charge in [-0.2, -0.15) is 0 Å². The lowest BCUT2D eigenvalue weighted by Gasteiger charge is -2.63. The first-order valence-electron chi connectivity index (χ1n) is 13.7. The molecule has 1 aromatic rings. The highest BCUT2D eigenvalue weighted by Gasteiger charge is 2.73. The van der Waals surface area contributed by atoms with Gasteiger partial charge in [-0.15, -0.1) is 0 Å². The van der Waals surface area contributed by atoms with E-state index < -0.39 is 5.97 Å². The van der Waals surface area contributed by atoms with E-state index in [1.807, 2.05) is 6.07 Å². The van der Waals surface area contributed by atoms with E-state index in [-0.39, 0.29) is 34.2 Å². The summed E-state index contributed by atoms with van der Waals surface area (Å²) in [4.78, 5) is 11.3. The van der Waals surface area contributed by atoms with Crippen molar-refractivity contribution in [3.63, 3.8) is 0 Å². The SMILES string of the molecule is C=C1CCC2[C@]3(C)CO[C@@H](C4CCCC4)O[C@@H]3CC[C@@]2(C)C12CC2COc1cccc(C(=O)O)c1. The maximum atomic E-state index is 11.3. The number of carboxylic acid groups (broad SMARTS) is 1. The minimum absolute atomic E-state index is 0.00362. The molecule has 5 heteroatoms. The summed E-state index contributed by atoms with van der Waals surface area (Å²) in [6, 6.07) is 6.84. The normalized spacial score (nSPS) is 43.0. The number of benzene rings is 1. The maximum Gasteiger partial charge on any atom is 0.335 e. The van der Waals surface area contributed by atoms with Gasteiger partial charge in [0.2, 0.25) is 0 Å². The van der Waals surface area contributed by atoms with E-state index in [1.165, 1.54) is 44.1 Å². The van der Waals surface area contributed by atoms with E-state index in [1.54, 1.807) is 18.2 Å². The fraction of sp³-hybridized carbons (Fsp3) is 0.700. The van der Waals surface area contributed by atoms with Gasteiger partial charge < -0.3 is 19.3 Å². The lowest BCUT2D eigenvalue weighted by molar-refractivity contribution is -0.317. The van der Waals surface area contributed by atoms with Crippen molar-refractivity contribution >= 4 is 5.97 Å². The Balaban J connectivity index is 1.19. The lowest BCUT2D eigenvalue weighted by atomic mass is 9.44. The van der Waals surface area contributed by atoms with Gasteiger partial charge in [0.1, 0.15) is 5.75 Å². The van der Waals surface area contributed by atoms with Crippen molar-refractivity contribution in [2.75, 3.05) is 13.2 Å². The standard InChI is InChI=1S/C30H40O5/c1-19-11-12-24-28(2)18-34-27(20-7-4-5-8-20)35-25(28)13-14-29(24,3)30(19)16-22(30)17-33-23-10-6-9-21(15-23)26(31)32/h6,9-10,15,20,22,24-25,27H,1,4-5,7-8,11-14,16-18H2,2-3H3,(H,31,32)/t22?,24?,25-,27-,28+,29-,30?/m1/s1. The van der Waals surface area contributed by atoms with Crippen LogP contribution in [0.25, 0.3) is 0 Å². The number of carbonyl (C=O) groups is 1. The summed E-state index contributed by atoms with van der Waals surface area (Å²) in [5.74, 6) is 1.26. The molecule has 5 nitrogen and oxygen atoms in total. The second-order valence-corrected chi connectivity index (χ2v) is 12.5. The molecule has 5 fully saturated rings. The summed E-state index contributed by atoms with van der Waals surface area (Å²) in [7, 11) is 0. The van der Waals surface area contributed by atoms with Crippen LogP contribution >= 0.6 is 0 Å². The largest absolute Gasteiger partial charge is 0.493 e. The van der Waals surface area contributed by atoms with Crippen LogP contribution in [0.5, 0.6) is 5.75 Å². The topological polar surface area (TPSA) is 65.0 Å². The van der Waals surface area contributed by atoms with Crippen molar-refractivity contribution in [3.05, 3.63) is 42.0 Å². The number of fused-ring (bicyclic) bond motifs is 4. The van der Waals surface area contributed by atoms with Crippen molar-refractivity contribution in [1.29, 1.82) is 0 Å². The molecule has 7 atom stereocenters. The van der Waals surface area contributed by atoms with Gasteiger partial charge in [-0.1, -0.05) is 44.9 Å². The third-order valence-corrected chi connectivity index (χ3v) is 10.9. The molecular formula is C30H40O5. The Bertz CT molecular complexity index is 1010. The molecule has 1 N–H and O–H groups in total. The first-order valence-corrected chi connectivity index (χ1v) is 13.7. The summed E-state index contributed by atoms with van der Waals surface area (Å²) in [6.07, 6.45) is 11.0. The van der Waals surface area contributed by atoms with Crippen LogP contribution in [0.15, 0.2) is 36.4 Å². The molecule has 1 heterocycles. The summed E-state index contributed by atoms with van der Waals surface area (Å²) < 4.78 is 19.4. The molecule has 5 aliphatic rings. The number of hydrogen-bond acceptors (Lipinski definition) is 4. The van der Waals surface area contributed by atoms with Gasteiger partial charge in [0, 0.05) is 22.7 Å². The van der Waals surface area contributed by atoms with Crippen LogP contribution in [0.3, 0.4) is 0 Å². The highest BCUT2D eigenvalue weighted by Crippen LogP contribution is 2.78. The number of rotatable bonds is 5. The number of ether oxygens (including phenoxy) is 3. The van der Waals surface area contributed by atoms with Crippen molar-refractivity contribution in [2.45, 2.75) is 84.0 Å². The molecule has 0 aromatic heterocycles. The summed E-state index contributed by atoms with van der Waals surface area (Å²) in [6.45, 7) is 11.0. The molecule has 190 valence electrons. The van der Waals surface area contributed by atoms with E-state index in [2.05, 4.69) is 20.4 Å². The van der Waals surface area contributed by atoms with Gasteiger partial charge in [0.25, 0.3) is 0 Å². The Morgan fingerprint density at radius 1 is 1.20 bits per heavy atom. The van der Waals surface area contributed by atoms with Gasteiger partial charge in [-0.25, -0.2) is 4.79 Å². The van der Waals surface area contributed by atoms with E-state index in [4.69, 9.17) is 14.2 Å². The summed E-state index contributed by atoms with van der Waals surface area (Å²) in [5.41, 5.74) is 1.97. The zero-order chi connectivity index (χ0) is 24.4. The molecule has 1 spiro atoms. The highest BCUT2D eigenvalue weighted by molar-refractivity contribution is 5.88. The Morgan fingerprint density at radius 3 is 2.77 bits per heavy atom. The molecule has 4 aliphatic carbocycles. The van der Waals surface area contributed by atoms with Gasteiger partial charge in [-0.05, 0) is 74.5 Å². The number of carboxylic acids is 1. The fourth-order valence-electron chi connectivity index (χ4n) is 8.95. The molecule has 6 rings (SSSR count). The van der Waals surface area contributed by atoms with Gasteiger partial charge in [0.15, 0.2) is 6.29 Å². The first kappa shape index (κ1) is 23.5. The van der Waals surface area contributed by atoms with Crippen LogP contribution in [0.1, 0.15) is 82.0 Å². The van der Waals surface area contributed by atoms with Crippen LogP contribution in [0, 0.1) is 34.0 Å². The monoisotopic (exact) mass is 480 g/mol. The lowest BCUT2D eigenvalue weighted by Crippen LogP contribution is -2.62. The molecule has 1 aromatic carbocycles. The molecule has 1 aliphatic heterocycles. The Hall–Kier alpha value is -1.85.